The van der Waals surface area contributed by atoms with E-state index in [1.165, 1.54) is 6.92 Å². The summed E-state index contributed by atoms with van der Waals surface area (Å²) >= 11 is 0. The Labute approximate surface area is 194 Å². The predicted molar refractivity (Wildman–Crippen MR) is 124 cm³/mol. The molecule has 7 nitrogen and oxygen atoms in total. The summed E-state index contributed by atoms with van der Waals surface area (Å²) in [5.74, 6) is -2.35. The first-order valence-electron chi connectivity index (χ1n) is 11.0. The van der Waals surface area contributed by atoms with Crippen molar-refractivity contribution in [3.05, 3.63) is 65.1 Å². The van der Waals surface area contributed by atoms with Gasteiger partial charge in [-0.25, -0.2) is 18.7 Å². The van der Waals surface area contributed by atoms with E-state index in [2.05, 4.69) is 20.3 Å². The molecule has 34 heavy (non-hydrogen) atoms. The van der Waals surface area contributed by atoms with Crippen molar-refractivity contribution in [3.63, 3.8) is 0 Å². The molecule has 1 aliphatic rings. The Kier molecular flexibility index (Phi) is 5.27. The van der Waals surface area contributed by atoms with Crippen LogP contribution in [0.2, 0.25) is 0 Å². The van der Waals surface area contributed by atoms with Crippen molar-refractivity contribution in [1.82, 2.24) is 19.5 Å². The summed E-state index contributed by atoms with van der Waals surface area (Å²) in [6.45, 7) is 3.29. The number of alkyl halides is 2. The largest absolute Gasteiger partial charge is 0.438 e. The number of fused-ring (bicyclic) bond motifs is 2. The predicted octanol–water partition coefficient (Wildman–Crippen LogP) is 5.84. The third kappa shape index (κ3) is 3.76. The van der Waals surface area contributed by atoms with Crippen LogP contribution in [-0.2, 0) is 19.4 Å². The summed E-state index contributed by atoms with van der Waals surface area (Å²) in [6, 6.07) is 10.8. The van der Waals surface area contributed by atoms with Crippen molar-refractivity contribution in [1.29, 1.82) is 0 Å². The number of nitrogens with one attached hydrogen (secondary N) is 1. The zero-order valence-electron chi connectivity index (χ0n) is 19.0. The van der Waals surface area contributed by atoms with E-state index >= 15 is 0 Å². The summed E-state index contributed by atoms with van der Waals surface area (Å²) in [7, 11) is 1.91. The summed E-state index contributed by atoms with van der Waals surface area (Å²) in [6.07, 6.45) is 1.61. The number of anilines is 2. The van der Waals surface area contributed by atoms with Gasteiger partial charge in [0.15, 0.2) is 5.78 Å². The highest BCUT2D eigenvalue weighted by Gasteiger charge is 2.35. The number of carbonyl (C=O) groups is 1. The molecule has 2 aromatic carbocycles. The quantitative estimate of drug-likeness (QED) is 0.387. The van der Waals surface area contributed by atoms with Crippen LogP contribution in [-0.4, -0.2) is 25.3 Å². The maximum absolute atomic E-state index is 14.7. The third-order valence-corrected chi connectivity index (χ3v) is 6.17. The Bertz CT molecular complexity index is 1430. The fraction of sp³-hybridized carbons (Fsp3) is 0.280. The van der Waals surface area contributed by atoms with E-state index in [1.807, 2.05) is 42.8 Å². The van der Waals surface area contributed by atoms with E-state index in [9.17, 15) is 13.6 Å². The van der Waals surface area contributed by atoms with Crippen molar-refractivity contribution in [2.45, 2.75) is 39.0 Å². The molecule has 4 aromatic rings. The lowest BCUT2D eigenvalue weighted by atomic mass is 10.1. The van der Waals surface area contributed by atoms with Crippen molar-refractivity contribution < 1.29 is 18.3 Å². The first kappa shape index (κ1) is 21.9. The highest BCUT2D eigenvalue weighted by atomic mass is 19.3. The number of benzene rings is 2. The van der Waals surface area contributed by atoms with Crippen LogP contribution in [0.4, 0.5) is 20.4 Å². The molecule has 0 bridgehead atoms. The van der Waals surface area contributed by atoms with Gasteiger partial charge in [-0.1, -0.05) is 19.1 Å². The van der Waals surface area contributed by atoms with Crippen molar-refractivity contribution in [2.24, 2.45) is 7.05 Å². The van der Waals surface area contributed by atoms with E-state index in [0.717, 1.165) is 28.6 Å². The van der Waals surface area contributed by atoms with Crippen LogP contribution in [0.25, 0.3) is 11.0 Å². The number of nitrogens with zero attached hydrogens (tertiary/aromatic N) is 4. The lowest BCUT2D eigenvalue weighted by molar-refractivity contribution is -0.0109. The monoisotopic (exact) mass is 463 g/mol. The van der Waals surface area contributed by atoms with E-state index in [0.29, 0.717) is 24.1 Å². The molecular formula is C25H23F2N5O2. The third-order valence-electron chi connectivity index (χ3n) is 6.17. The summed E-state index contributed by atoms with van der Waals surface area (Å²) < 4.78 is 37.3. The molecule has 0 aliphatic heterocycles. The zero-order valence-corrected chi connectivity index (χ0v) is 19.0. The minimum atomic E-state index is -3.19. The molecule has 9 heteroatoms. The first-order chi connectivity index (χ1) is 16.3. The molecule has 5 rings (SSSR count). The molecule has 1 aliphatic carbocycles. The Balaban J connectivity index is 1.54. The topological polar surface area (TPSA) is 81.9 Å². The van der Waals surface area contributed by atoms with Crippen molar-refractivity contribution >= 4 is 28.5 Å². The van der Waals surface area contributed by atoms with Gasteiger partial charge >= 0.3 is 0 Å². The molecule has 0 amide bonds. The van der Waals surface area contributed by atoms with Gasteiger partial charge in [0, 0.05) is 31.8 Å². The maximum atomic E-state index is 14.7. The Hall–Kier alpha value is -3.88. The fourth-order valence-corrected chi connectivity index (χ4v) is 4.13. The molecule has 0 atom stereocenters. The van der Waals surface area contributed by atoms with E-state index in [1.54, 1.807) is 12.1 Å². The van der Waals surface area contributed by atoms with Gasteiger partial charge in [-0.05, 0) is 43.2 Å². The number of carbonyl (C=O) groups excluding carboxylic acids is 1. The van der Waals surface area contributed by atoms with E-state index in [4.69, 9.17) is 4.74 Å². The van der Waals surface area contributed by atoms with Gasteiger partial charge in [0.1, 0.15) is 17.1 Å². The van der Waals surface area contributed by atoms with Crippen LogP contribution < -0.4 is 10.1 Å². The van der Waals surface area contributed by atoms with Crippen LogP contribution in [0.3, 0.4) is 0 Å². The lowest BCUT2D eigenvalue weighted by Crippen LogP contribution is -2.15. The highest BCUT2D eigenvalue weighted by molar-refractivity contribution is 6.03. The smallest absolute Gasteiger partial charge is 0.279 e. The number of hydrogen-bond acceptors (Lipinski definition) is 6. The fourth-order valence-electron chi connectivity index (χ4n) is 4.13. The van der Waals surface area contributed by atoms with Crippen LogP contribution in [0.5, 0.6) is 11.6 Å². The number of aryl methyl sites for hydroxylation is 3. The molecule has 174 valence electrons. The Morgan fingerprint density at radius 2 is 2.00 bits per heavy atom. The highest BCUT2D eigenvalue weighted by Crippen LogP contribution is 2.40. The first-order valence-corrected chi connectivity index (χ1v) is 11.0. The van der Waals surface area contributed by atoms with Gasteiger partial charge < -0.3 is 14.6 Å². The molecule has 0 saturated carbocycles. The van der Waals surface area contributed by atoms with Gasteiger partial charge in [0.05, 0.1) is 16.6 Å². The molecular weight excluding hydrogens is 440 g/mol. The number of halogens is 2. The summed E-state index contributed by atoms with van der Waals surface area (Å²) in [5.41, 5.74) is 3.27. The number of ketones is 1. The second kappa shape index (κ2) is 8.16. The van der Waals surface area contributed by atoms with E-state index in [-0.39, 0.29) is 23.4 Å². The molecule has 2 aromatic heterocycles. The van der Waals surface area contributed by atoms with Gasteiger partial charge in [-0.3, -0.25) is 4.79 Å². The van der Waals surface area contributed by atoms with Gasteiger partial charge in [-0.15, -0.1) is 0 Å². The average molecular weight is 463 g/mol. The summed E-state index contributed by atoms with van der Waals surface area (Å²) in [4.78, 5) is 25.2. The van der Waals surface area contributed by atoms with Crippen LogP contribution >= 0.6 is 0 Å². The number of rotatable bonds is 6. The number of ether oxygens (including phenoxy) is 1. The van der Waals surface area contributed by atoms with Gasteiger partial charge in [0.25, 0.3) is 5.92 Å². The Morgan fingerprint density at radius 1 is 1.18 bits per heavy atom. The summed E-state index contributed by atoms with van der Waals surface area (Å²) in [5, 5.41) is 3.06. The van der Waals surface area contributed by atoms with Crippen molar-refractivity contribution in [2.75, 3.05) is 5.32 Å². The lowest BCUT2D eigenvalue weighted by Gasteiger charge is -2.19. The standard InChI is InChI=1S/C25H23F2N5O2/c1-4-25(26,27)17-13-28-24(30-16-9-10-18-19(12-16)32(3)14(2)29-18)31-23(17)34-21-7-5-6-15-8-11-20(33)22(15)21/h5-7,9-10,12-13H,4,8,11H2,1-3H3,(H,28,30,31). The molecule has 1 N–H and O–H groups in total. The molecule has 0 unspecified atom stereocenters. The number of hydrogen-bond donors (Lipinski definition) is 1. The van der Waals surface area contributed by atoms with Crippen LogP contribution in [0.15, 0.2) is 42.6 Å². The van der Waals surface area contributed by atoms with Crippen molar-refractivity contribution in [3.8, 4) is 11.6 Å². The Morgan fingerprint density at radius 3 is 2.79 bits per heavy atom. The second-order valence-corrected chi connectivity index (χ2v) is 8.33. The van der Waals surface area contributed by atoms with E-state index < -0.39 is 17.9 Å². The number of aromatic nitrogens is 4. The molecule has 0 saturated heterocycles. The molecule has 0 spiro atoms. The minimum Gasteiger partial charge on any atom is -0.438 e. The maximum Gasteiger partial charge on any atom is 0.279 e. The molecule has 0 fully saturated rings. The van der Waals surface area contributed by atoms with Crippen LogP contribution in [0.1, 0.15) is 47.1 Å². The normalized spacial score (nSPS) is 13.4. The SMILES string of the molecule is CCC(F)(F)c1cnc(Nc2ccc3nc(C)n(C)c3c2)nc1Oc1cccc2c1C(=O)CC2. The number of Topliss-reactive ketones (excluding diaryl/α,β-unsaturated/α-hetero) is 1. The minimum absolute atomic E-state index is 0.0680. The zero-order chi connectivity index (χ0) is 24.0. The molecule has 0 radical (unpaired) electrons. The second-order valence-electron chi connectivity index (χ2n) is 8.33. The van der Waals surface area contributed by atoms with Gasteiger partial charge in [-0.2, -0.15) is 4.98 Å². The van der Waals surface area contributed by atoms with Crippen LogP contribution in [0, 0.1) is 6.92 Å². The van der Waals surface area contributed by atoms with Gasteiger partial charge in [0.2, 0.25) is 11.8 Å². The number of imidazole rings is 1. The molecule has 2 heterocycles. The average Bonchev–Trinajstić information content (AvgIpc) is 3.34.